The van der Waals surface area contributed by atoms with Crippen molar-refractivity contribution in [1.29, 1.82) is 0 Å². The number of amides is 1. The van der Waals surface area contributed by atoms with Gasteiger partial charge >= 0.3 is 0 Å². The van der Waals surface area contributed by atoms with Crippen LogP contribution in [0.15, 0.2) is 24.3 Å². The van der Waals surface area contributed by atoms with Gasteiger partial charge in [0.25, 0.3) is 5.91 Å². The van der Waals surface area contributed by atoms with Gasteiger partial charge in [0.1, 0.15) is 5.75 Å². The summed E-state index contributed by atoms with van der Waals surface area (Å²) in [6, 6.07) is 7.68. The first-order chi connectivity index (χ1) is 10.2. The van der Waals surface area contributed by atoms with Crippen LogP contribution in [-0.2, 0) is 0 Å². The zero-order chi connectivity index (χ0) is 14.8. The molecule has 0 aromatic heterocycles. The molecule has 0 unspecified atom stereocenters. The quantitative estimate of drug-likeness (QED) is 0.926. The minimum absolute atomic E-state index is 0.0194. The number of hydrogen-bond acceptors (Lipinski definition) is 3. The number of fused-ring (bicyclic) bond motifs is 1. The Labute approximate surface area is 126 Å². The summed E-state index contributed by atoms with van der Waals surface area (Å²) in [6.07, 6.45) is 3.52. The van der Waals surface area contributed by atoms with Crippen LogP contribution in [0.3, 0.4) is 0 Å². The zero-order valence-corrected chi connectivity index (χ0v) is 12.8. The molecule has 2 aliphatic rings. The number of carbonyl (C=O) groups is 1. The Hall–Kier alpha value is -1.55. The van der Waals surface area contributed by atoms with E-state index in [0.29, 0.717) is 11.6 Å². The largest absolute Gasteiger partial charge is 0.497 e. The van der Waals surface area contributed by atoms with Gasteiger partial charge in [0.05, 0.1) is 7.11 Å². The summed E-state index contributed by atoms with van der Waals surface area (Å²) >= 11 is 0. The monoisotopic (exact) mass is 288 g/mol. The van der Waals surface area contributed by atoms with Crippen molar-refractivity contribution in [3.8, 4) is 5.75 Å². The van der Waals surface area contributed by atoms with Gasteiger partial charge in [0.15, 0.2) is 0 Å². The summed E-state index contributed by atoms with van der Waals surface area (Å²) in [5.74, 6) is 2.28. The topological polar surface area (TPSA) is 41.6 Å². The smallest absolute Gasteiger partial charge is 0.251 e. The maximum absolute atomic E-state index is 12.4. The lowest BCUT2D eigenvalue weighted by atomic mass is 9.89. The molecule has 1 amide bonds. The van der Waals surface area contributed by atoms with Gasteiger partial charge in [-0.1, -0.05) is 6.07 Å². The molecule has 4 nitrogen and oxygen atoms in total. The first-order valence-electron chi connectivity index (χ1n) is 7.79. The number of hydrogen-bond donors (Lipinski definition) is 1. The minimum atomic E-state index is 0.0194. The molecule has 1 saturated carbocycles. The number of methoxy groups -OCH3 is 1. The number of ether oxygens (including phenoxy) is 1. The molecule has 1 saturated heterocycles. The van der Waals surface area contributed by atoms with Crippen molar-refractivity contribution in [2.75, 3.05) is 27.2 Å². The Morgan fingerprint density at radius 2 is 2.14 bits per heavy atom. The van der Waals surface area contributed by atoms with Crippen LogP contribution in [0.25, 0.3) is 0 Å². The average Bonchev–Trinajstić information content (AvgIpc) is 2.88. The van der Waals surface area contributed by atoms with Gasteiger partial charge in [-0.25, -0.2) is 0 Å². The second-order valence-corrected chi connectivity index (χ2v) is 6.44. The molecular weight excluding hydrogens is 264 g/mol. The molecule has 1 aliphatic carbocycles. The van der Waals surface area contributed by atoms with Gasteiger partial charge in [-0.05, 0) is 62.9 Å². The lowest BCUT2D eigenvalue weighted by Gasteiger charge is -2.31. The van der Waals surface area contributed by atoms with Gasteiger partial charge in [0.2, 0.25) is 0 Å². The van der Waals surface area contributed by atoms with E-state index in [0.717, 1.165) is 30.4 Å². The SMILES string of the molecule is COc1cccc(C(=O)N[C@@H]2C[C@H]3CCN(C)C[C@H]3C2)c1. The number of likely N-dealkylation sites (tertiary alicyclic amines) is 1. The third-order valence-corrected chi connectivity index (χ3v) is 4.94. The zero-order valence-electron chi connectivity index (χ0n) is 12.8. The summed E-state index contributed by atoms with van der Waals surface area (Å²) in [5.41, 5.74) is 0.682. The number of rotatable bonds is 3. The van der Waals surface area contributed by atoms with Gasteiger partial charge < -0.3 is 15.0 Å². The summed E-state index contributed by atoms with van der Waals surface area (Å²) in [6.45, 7) is 2.37. The fourth-order valence-corrected chi connectivity index (χ4v) is 3.82. The Balaban J connectivity index is 1.60. The van der Waals surface area contributed by atoms with E-state index in [4.69, 9.17) is 4.74 Å². The van der Waals surface area contributed by atoms with Crippen LogP contribution in [0, 0.1) is 11.8 Å². The molecule has 2 fully saturated rings. The van der Waals surface area contributed by atoms with E-state index in [1.54, 1.807) is 13.2 Å². The first kappa shape index (κ1) is 14.4. The summed E-state index contributed by atoms with van der Waals surface area (Å²) in [7, 11) is 3.81. The summed E-state index contributed by atoms with van der Waals surface area (Å²) < 4.78 is 5.18. The molecule has 1 aliphatic heterocycles. The third-order valence-electron chi connectivity index (χ3n) is 4.94. The number of nitrogens with one attached hydrogen (secondary N) is 1. The van der Waals surface area contributed by atoms with Crippen LogP contribution in [-0.4, -0.2) is 44.1 Å². The van der Waals surface area contributed by atoms with Crippen molar-refractivity contribution < 1.29 is 9.53 Å². The van der Waals surface area contributed by atoms with Crippen LogP contribution in [0.1, 0.15) is 29.6 Å². The molecule has 21 heavy (non-hydrogen) atoms. The first-order valence-corrected chi connectivity index (χ1v) is 7.79. The fraction of sp³-hybridized carbons (Fsp3) is 0.588. The van der Waals surface area contributed by atoms with Crippen molar-refractivity contribution in [2.24, 2.45) is 11.8 Å². The van der Waals surface area contributed by atoms with E-state index in [9.17, 15) is 4.79 Å². The summed E-state index contributed by atoms with van der Waals surface area (Å²) in [4.78, 5) is 14.8. The van der Waals surface area contributed by atoms with Crippen LogP contribution in [0.5, 0.6) is 5.75 Å². The maximum Gasteiger partial charge on any atom is 0.251 e. The van der Waals surface area contributed by atoms with Crippen molar-refractivity contribution in [2.45, 2.75) is 25.3 Å². The lowest BCUT2D eigenvalue weighted by molar-refractivity contribution is 0.0936. The van der Waals surface area contributed by atoms with Crippen LogP contribution in [0.4, 0.5) is 0 Å². The molecule has 1 aromatic rings. The van der Waals surface area contributed by atoms with E-state index in [1.165, 1.54) is 19.5 Å². The molecule has 0 radical (unpaired) electrons. The molecule has 4 heteroatoms. The van der Waals surface area contributed by atoms with Gasteiger partial charge in [-0.2, -0.15) is 0 Å². The lowest BCUT2D eigenvalue weighted by Crippen LogP contribution is -2.35. The highest BCUT2D eigenvalue weighted by atomic mass is 16.5. The van der Waals surface area contributed by atoms with Crippen molar-refractivity contribution >= 4 is 5.91 Å². The van der Waals surface area contributed by atoms with Gasteiger partial charge in [-0.15, -0.1) is 0 Å². The number of carbonyl (C=O) groups excluding carboxylic acids is 1. The second kappa shape index (κ2) is 6.06. The van der Waals surface area contributed by atoms with E-state index in [2.05, 4.69) is 17.3 Å². The minimum Gasteiger partial charge on any atom is -0.497 e. The van der Waals surface area contributed by atoms with E-state index in [-0.39, 0.29) is 5.91 Å². The van der Waals surface area contributed by atoms with Crippen LogP contribution in [0.2, 0.25) is 0 Å². The second-order valence-electron chi connectivity index (χ2n) is 6.44. The van der Waals surface area contributed by atoms with E-state index < -0.39 is 0 Å². The Morgan fingerprint density at radius 1 is 1.33 bits per heavy atom. The molecule has 0 spiro atoms. The van der Waals surface area contributed by atoms with E-state index >= 15 is 0 Å². The van der Waals surface area contributed by atoms with Crippen molar-refractivity contribution in [1.82, 2.24) is 10.2 Å². The Kier molecular flexibility index (Phi) is 4.15. The predicted octanol–water partition coefficient (Wildman–Crippen LogP) is 2.16. The molecule has 3 rings (SSSR count). The van der Waals surface area contributed by atoms with Crippen molar-refractivity contribution in [3.05, 3.63) is 29.8 Å². The molecule has 3 atom stereocenters. The van der Waals surface area contributed by atoms with E-state index in [1.807, 2.05) is 18.2 Å². The van der Waals surface area contributed by atoms with Gasteiger partial charge in [-0.3, -0.25) is 4.79 Å². The maximum atomic E-state index is 12.4. The molecule has 1 aromatic carbocycles. The fourth-order valence-electron chi connectivity index (χ4n) is 3.82. The Bertz CT molecular complexity index is 517. The summed E-state index contributed by atoms with van der Waals surface area (Å²) in [5, 5.41) is 3.20. The highest BCUT2D eigenvalue weighted by Gasteiger charge is 2.37. The highest BCUT2D eigenvalue weighted by molar-refractivity contribution is 5.94. The normalized spacial score (nSPS) is 29.0. The number of nitrogens with zero attached hydrogens (tertiary/aromatic N) is 1. The van der Waals surface area contributed by atoms with Crippen molar-refractivity contribution in [3.63, 3.8) is 0 Å². The molecule has 0 bridgehead atoms. The standard InChI is InChI=1S/C17H24N2O2/c1-19-7-6-12-8-15(9-14(12)11-19)18-17(20)13-4-3-5-16(10-13)21-2/h3-5,10,12,14-15H,6-9,11H2,1-2H3,(H,18,20)/t12-,14-,15-/m1/s1. The van der Waals surface area contributed by atoms with Crippen LogP contribution < -0.4 is 10.1 Å². The van der Waals surface area contributed by atoms with Crippen LogP contribution >= 0.6 is 0 Å². The third kappa shape index (κ3) is 3.21. The Morgan fingerprint density at radius 3 is 2.95 bits per heavy atom. The number of piperidine rings is 1. The average molecular weight is 288 g/mol. The molecule has 1 heterocycles. The molecular formula is C17H24N2O2. The van der Waals surface area contributed by atoms with Gasteiger partial charge in [0, 0.05) is 18.2 Å². The highest BCUT2D eigenvalue weighted by Crippen LogP contribution is 2.37. The predicted molar refractivity (Wildman–Crippen MR) is 82.6 cm³/mol. The molecule has 1 N–H and O–H groups in total. The number of benzene rings is 1. The molecule has 114 valence electrons.